The van der Waals surface area contributed by atoms with Gasteiger partial charge in [-0.25, -0.2) is 4.98 Å². The first kappa shape index (κ1) is 24.2. The summed E-state index contributed by atoms with van der Waals surface area (Å²) < 4.78 is 40.0. The Morgan fingerprint density at radius 3 is 2.22 bits per heavy atom. The van der Waals surface area contributed by atoms with E-state index in [0.717, 1.165) is 38.2 Å². The third kappa shape index (κ3) is 4.98. The number of nitrogens with zero attached hydrogens (tertiary/aromatic N) is 5. The van der Waals surface area contributed by atoms with Crippen LogP contribution in [0, 0.1) is 6.92 Å². The van der Waals surface area contributed by atoms with Gasteiger partial charge in [-0.1, -0.05) is 13.8 Å². The zero-order chi connectivity index (χ0) is 23.5. The molecule has 4 rings (SSSR count). The van der Waals surface area contributed by atoms with Crippen LogP contribution >= 0.6 is 0 Å². The molecule has 0 bridgehead atoms. The van der Waals surface area contributed by atoms with Crippen LogP contribution in [0.25, 0.3) is 11.4 Å². The first-order valence-corrected chi connectivity index (χ1v) is 11.4. The minimum atomic E-state index is -4.49. The van der Waals surface area contributed by atoms with E-state index in [4.69, 9.17) is 0 Å². The highest BCUT2D eigenvalue weighted by molar-refractivity contribution is 5.94. The maximum Gasteiger partial charge on any atom is 0.433 e. The number of carbonyl (C=O) groups excluding carboxylic acids is 1. The van der Waals surface area contributed by atoms with Gasteiger partial charge in [-0.15, -0.1) is 0 Å². The normalized spacial score (nSPS) is 17.9. The van der Waals surface area contributed by atoms with Crippen molar-refractivity contribution in [2.24, 2.45) is 7.05 Å². The van der Waals surface area contributed by atoms with Crippen LogP contribution in [0.15, 0.2) is 18.3 Å². The van der Waals surface area contributed by atoms with Crippen molar-refractivity contribution in [1.29, 1.82) is 0 Å². The molecule has 2 aromatic heterocycles. The first-order chi connectivity index (χ1) is 15.3. The molecule has 0 N–H and O–H groups in total. The number of piperidine rings is 1. The molecule has 2 aliphatic heterocycles. The summed E-state index contributed by atoms with van der Waals surface area (Å²) in [5.74, 6) is 0.359. The zero-order valence-corrected chi connectivity index (χ0v) is 19.2. The lowest BCUT2D eigenvalue weighted by Gasteiger charge is -2.36. The second-order valence-electron chi connectivity index (χ2n) is 8.12. The fraction of sp³-hybridized carbons (Fsp3) is 0.609. The van der Waals surface area contributed by atoms with Crippen LogP contribution in [-0.2, 0) is 13.2 Å². The summed E-state index contributed by atoms with van der Waals surface area (Å²) in [5.41, 5.74) is 0.540. The van der Waals surface area contributed by atoms with Gasteiger partial charge in [-0.2, -0.15) is 13.2 Å². The Morgan fingerprint density at radius 2 is 1.69 bits per heavy atom. The Hall–Kier alpha value is -2.42. The Morgan fingerprint density at radius 1 is 1.06 bits per heavy atom. The Labute approximate surface area is 187 Å². The zero-order valence-electron chi connectivity index (χ0n) is 19.2. The number of carbonyl (C=O) groups is 1. The number of alkyl halides is 3. The van der Waals surface area contributed by atoms with Crippen molar-refractivity contribution in [2.45, 2.75) is 58.7 Å². The van der Waals surface area contributed by atoms with Gasteiger partial charge < -0.3 is 14.4 Å². The van der Waals surface area contributed by atoms with Gasteiger partial charge in [0.15, 0.2) is 0 Å². The van der Waals surface area contributed by atoms with E-state index >= 15 is 0 Å². The van der Waals surface area contributed by atoms with E-state index in [1.807, 2.05) is 18.7 Å². The molecular formula is C23H32F3N5O. The van der Waals surface area contributed by atoms with Crippen LogP contribution in [0.5, 0.6) is 0 Å². The van der Waals surface area contributed by atoms with Gasteiger partial charge in [-0.05, 0) is 57.8 Å². The fourth-order valence-corrected chi connectivity index (χ4v) is 4.58. The summed E-state index contributed by atoms with van der Waals surface area (Å²) >= 11 is 0. The van der Waals surface area contributed by atoms with Gasteiger partial charge in [0.05, 0.1) is 5.69 Å². The summed E-state index contributed by atoms with van der Waals surface area (Å²) in [5, 5.41) is 0. The number of aryl methyl sites for hydroxylation is 1. The lowest BCUT2D eigenvalue weighted by atomic mass is 10.0. The second kappa shape index (κ2) is 10.0. The average Bonchev–Trinajstić information content (AvgIpc) is 3.43. The number of imidazole rings is 1. The topological polar surface area (TPSA) is 54.3 Å². The Kier molecular flexibility index (Phi) is 7.59. The van der Waals surface area contributed by atoms with Gasteiger partial charge in [0.25, 0.3) is 5.91 Å². The molecule has 0 aromatic carbocycles. The SMILES string of the molecule is CC.Cc1nc(-c2ccc(C(F)(F)F)nc2)n(C)c1C(=O)N1CCC(N2CCCC2)CC1. The summed E-state index contributed by atoms with van der Waals surface area (Å²) in [6.07, 6.45) is 1.12. The van der Waals surface area contributed by atoms with Crippen LogP contribution in [0.2, 0.25) is 0 Å². The summed E-state index contributed by atoms with van der Waals surface area (Å²) in [6, 6.07) is 2.83. The molecule has 0 saturated carbocycles. The minimum absolute atomic E-state index is 0.0755. The van der Waals surface area contributed by atoms with Crippen LogP contribution < -0.4 is 0 Å². The van der Waals surface area contributed by atoms with E-state index in [1.165, 1.54) is 18.9 Å². The summed E-state index contributed by atoms with van der Waals surface area (Å²) in [7, 11) is 1.72. The number of rotatable bonds is 3. The van der Waals surface area contributed by atoms with Crippen molar-refractivity contribution in [3.8, 4) is 11.4 Å². The minimum Gasteiger partial charge on any atom is -0.337 e. The molecule has 9 heteroatoms. The highest BCUT2D eigenvalue weighted by atomic mass is 19.4. The van der Waals surface area contributed by atoms with E-state index in [9.17, 15) is 18.0 Å². The second-order valence-corrected chi connectivity index (χ2v) is 8.12. The molecule has 0 aliphatic carbocycles. The number of amides is 1. The molecule has 176 valence electrons. The average molecular weight is 452 g/mol. The lowest BCUT2D eigenvalue weighted by molar-refractivity contribution is -0.141. The third-order valence-electron chi connectivity index (χ3n) is 6.19. The maximum atomic E-state index is 13.2. The maximum absolute atomic E-state index is 13.2. The predicted octanol–water partition coefficient (Wildman–Crippen LogP) is 4.54. The molecule has 0 atom stereocenters. The van der Waals surface area contributed by atoms with Crippen molar-refractivity contribution in [3.05, 3.63) is 35.4 Å². The molecule has 1 amide bonds. The quantitative estimate of drug-likeness (QED) is 0.688. The summed E-state index contributed by atoms with van der Waals surface area (Å²) in [4.78, 5) is 25.5. The molecule has 0 unspecified atom stereocenters. The molecule has 2 aromatic rings. The lowest BCUT2D eigenvalue weighted by Crippen LogP contribution is -2.46. The number of halogens is 3. The van der Waals surface area contributed by atoms with Crippen molar-refractivity contribution >= 4 is 5.91 Å². The molecule has 0 spiro atoms. The van der Waals surface area contributed by atoms with Crippen molar-refractivity contribution < 1.29 is 18.0 Å². The van der Waals surface area contributed by atoms with Crippen molar-refractivity contribution in [1.82, 2.24) is 24.3 Å². The molecule has 2 fully saturated rings. The summed E-state index contributed by atoms with van der Waals surface area (Å²) in [6.45, 7) is 9.49. The van der Waals surface area contributed by atoms with Crippen molar-refractivity contribution in [2.75, 3.05) is 26.2 Å². The molecular weight excluding hydrogens is 419 g/mol. The van der Waals surface area contributed by atoms with Crippen molar-refractivity contribution in [3.63, 3.8) is 0 Å². The monoisotopic (exact) mass is 451 g/mol. The Bertz CT molecular complexity index is 909. The highest BCUT2D eigenvalue weighted by Crippen LogP contribution is 2.30. The van der Waals surface area contributed by atoms with Gasteiger partial charge in [0, 0.05) is 37.9 Å². The molecule has 32 heavy (non-hydrogen) atoms. The predicted molar refractivity (Wildman–Crippen MR) is 117 cm³/mol. The van der Waals surface area contributed by atoms with Gasteiger partial charge >= 0.3 is 6.18 Å². The highest BCUT2D eigenvalue weighted by Gasteiger charge is 2.33. The van der Waals surface area contributed by atoms with Crippen LogP contribution in [0.4, 0.5) is 13.2 Å². The largest absolute Gasteiger partial charge is 0.433 e. The number of aromatic nitrogens is 3. The molecule has 6 nitrogen and oxygen atoms in total. The standard InChI is InChI=1S/C21H26F3N5O.C2H6/c1-14-18(20(30)29-11-7-16(8-12-29)28-9-3-4-10-28)27(2)19(26-14)15-5-6-17(25-13-15)21(22,23)24;1-2/h5-6,13,16H,3-4,7-12H2,1-2H3;1-2H3. The molecule has 4 heterocycles. The number of likely N-dealkylation sites (tertiary alicyclic amines) is 2. The number of hydrogen-bond acceptors (Lipinski definition) is 4. The van der Waals surface area contributed by atoms with E-state index in [2.05, 4.69) is 14.9 Å². The fourth-order valence-electron chi connectivity index (χ4n) is 4.58. The number of hydrogen-bond donors (Lipinski definition) is 0. The van der Waals surface area contributed by atoms with E-state index in [-0.39, 0.29) is 5.91 Å². The molecule has 0 radical (unpaired) electrons. The van der Waals surface area contributed by atoms with E-state index in [1.54, 1.807) is 18.5 Å². The molecule has 2 aliphatic rings. The van der Waals surface area contributed by atoms with E-state index in [0.29, 0.717) is 41.9 Å². The number of pyridine rings is 1. The van der Waals surface area contributed by atoms with Crippen LogP contribution in [-0.4, -0.2) is 62.5 Å². The van der Waals surface area contributed by atoms with Crippen LogP contribution in [0.3, 0.4) is 0 Å². The van der Waals surface area contributed by atoms with Gasteiger partial charge in [-0.3, -0.25) is 9.78 Å². The molecule has 2 saturated heterocycles. The Balaban J connectivity index is 0.00000141. The van der Waals surface area contributed by atoms with Gasteiger partial charge in [0.1, 0.15) is 17.2 Å². The van der Waals surface area contributed by atoms with E-state index < -0.39 is 11.9 Å². The van der Waals surface area contributed by atoms with Gasteiger partial charge in [0.2, 0.25) is 0 Å². The smallest absolute Gasteiger partial charge is 0.337 e. The van der Waals surface area contributed by atoms with Crippen LogP contribution in [0.1, 0.15) is 61.4 Å². The first-order valence-electron chi connectivity index (χ1n) is 11.4. The third-order valence-corrected chi connectivity index (χ3v) is 6.19.